The van der Waals surface area contributed by atoms with Crippen LogP contribution in [0.4, 0.5) is 11.5 Å². The number of anilines is 2. The Morgan fingerprint density at radius 3 is 2.11 bits per heavy atom. The Kier molecular flexibility index (Phi) is 7.20. The zero-order chi connectivity index (χ0) is 25.7. The molecule has 3 N–H and O–H groups in total. The Hall–Kier alpha value is -4.78. The molecule has 3 aromatic carbocycles. The van der Waals surface area contributed by atoms with Crippen LogP contribution in [0.3, 0.4) is 0 Å². The number of pyridine rings is 1. The molecule has 0 aliphatic carbocycles. The second kappa shape index (κ2) is 10.7. The van der Waals surface area contributed by atoms with E-state index < -0.39 is 0 Å². The number of benzene rings is 3. The lowest BCUT2D eigenvalue weighted by molar-refractivity contribution is 0.102. The van der Waals surface area contributed by atoms with Crippen LogP contribution >= 0.6 is 0 Å². The molecular weight excluding hydrogens is 450 g/mol. The number of nitrogens with zero attached hydrogens (tertiary/aromatic N) is 2. The topological polar surface area (TPSA) is 98.2 Å². The Bertz CT molecular complexity index is 1410. The number of rotatable bonds is 6. The number of amidine groups is 1. The Labute approximate surface area is 210 Å². The van der Waals surface area contributed by atoms with Gasteiger partial charge in [-0.15, -0.1) is 0 Å². The van der Waals surface area contributed by atoms with E-state index in [1.807, 2.05) is 63.5 Å². The van der Waals surface area contributed by atoms with Crippen LogP contribution in [0.25, 0.3) is 11.1 Å². The summed E-state index contributed by atoms with van der Waals surface area (Å²) < 4.78 is 0. The maximum Gasteiger partial charge on any atom is 0.258 e. The number of amides is 2. The molecule has 2 amide bonds. The predicted octanol–water partition coefficient (Wildman–Crippen LogP) is 5.45. The van der Waals surface area contributed by atoms with Crippen LogP contribution in [-0.2, 0) is 0 Å². The summed E-state index contributed by atoms with van der Waals surface area (Å²) in [5.41, 5.74) is 4.80. The van der Waals surface area contributed by atoms with Crippen LogP contribution in [0.2, 0.25) is 0 Å². The maximum atomic E-state index is 13.0. The normalized spacial score (nSPS) is 10.4. The Morgan fingerprint density at radius 2 is 1.44 bits per heavy atom. The second-order valence-corrected chi connectivity index (χ2v) is 8.54. The number of aromatic nitrogens is 1. The Balaban J connectivity index is 1.52. The van der Waals surface area contributed by atoms with Crippen molar-refractivity contribution >= 4 is 29.2 Å². The fourth-order valence-corrected chi connectivity index (χ4v) is 3.69. The zero-order valence-corrected chi connectivity index (χ0v) is 20.4. The lowest BCUT2D eigenvalue weighted by atomic mass is 9.97. The monoisotopic (exact) mass is 477 g/mol. The van der Waals surface area contributed by atoms with Crippen molar-refractivity contribution < 1.29 is 9.59 Å². The summed E-state index contributed by atoms with van der Waals surface area (Å²) in [4.78, 5) is 31.8. The molecule has 0 bridgehead atoms. The van der Waals surface area contributed by atoms with E-state index in [0.717, 1.165) is 22.3 Å². The highest BCUT2D eigenvalue weighted by Gasteiger charge is 2.16. The van der Waals surface area contributed by atoms with E-state index in [9.17, 15) is 9.59 Å². The lowest BCUT2D eigenvalue weighted by Crippen LogP contribution is -2.22. The van der Waals surface area contributed by atoms with Gasteiger partial charge in [-0.05, 0) is 53.9 Å². The molecule has 36 heavy (non-hydrogen) atoms. The molecule has 0 aliphatic heterocycles. The van der Waals surface area contributed by atoms with E-state index in [1.54, 1.807) is 53.6 Å². The molecule has 0 saturated heterocycles. The average molecular weight is 478 g/mol. The van der Waals surface area contributed by atoms with Gasteiger partial charge in [-0.2, -0.15) is 0 Å². The van der Waals surface area contributed by atoms with Gasteiger partial charge in [0.2, 0.25) is 0 Å². The third-order valence-electron chi connectivity index (χ3n) is 5.66. The molecular formula is C29H27N5O2. The maximum absolute atomic E-state index is 13.0. The first-order valence-electron chi connectivity index (χ1n) is 11.4. The largest absolute Gasteiger partial charge is 0.363 e. The van der Waals surface area contributed by atoms with Crippen LogP contribution < -0.4 is 10.6 Å². The number of hydrogen-bond donors (Lipinski definition) is 3. The minimum atomic E-state index is -0.363. The van der Waals surface area contributed by atoms with E-state index in [-0.39, 0.29) is 11.8 Å². The molecule has 0 unspecified atom stereocenters. The Morgan fingerprint density at radius 1 is 0.778 bits per heavy atom. The summed E-state index contributed by atoms with van der Waals surface area (Å²) in [5.74, 6) is 0.148. The molecule has 4 aromatic rings. The summed E-state index contributed by atoms with van der Waals surface area (Å²) in [5, 5.41) is 14.0. The van der Waals surface area contributed by atoms with Gasteiger partial charge in [-0.3, -0.25) is 15.0 Å². The van der Waals surface area contributed by atoms with Crippen molar-refractivity contribution in [1.82, 2.24) is 9.88 Å². The van der Waals surface area contributed by atoms with Crippen LogP contribution in [-0.4, -0.2) is 41.6 Å². The van der Waals surface area contributed by atoms with Crippen molar-refractivity contribution in [2.45, 2.75) is 6.92 Å². The van der Waals surface area contributed by atoms with Crippen molar-refractivity contribution in [2.24, 2.45) is 0 Å². The first kappa shape index (κ1) is 24.3. The second-order valence-electron chi connectivity index (χ2n) is 8.54. The van der Waals surface area contributed by atoms with E-state index in [1.165, 1.54) is 0 Å². The number of hydrogen-bond acceptors (Lipinski definition) is 4. The van der Waals surface area contributed by atoms with Crippen LogP contribution in [0.15, 0.2) is 91.1 Å². The number of carbonyl (C=O) groups is 2. The van der Waals surface area contributed by atoms with Gasteiger partial charge in [0, 0.05) is 31.4 Å². The van der Waals surface area contributed by atoms with Gasteiger partial charge < -0.3 is 15.5 Å². The van der Waals surface area contributed by atoms with Gasteiger partial charge in [-0.1, -0.05) is 54.6 Å². The van der Waals surface area contributed by atoms with E-state index in [0.29, 0.717) is 28.5 Å². The zero-order valence-electron chi connectivity index (χ0n) is 20.4. The standard InChI is InChI=1S/C29H27N5O2/c1-19-12-17-26(31-18-19)33-29(36)24-10-6-7-11-25(24)32-28(35)21-15-13-20(14-16-21)22-8-4-5-9-23(22)27(30)34(2)3/h4-18,30H,1-3H3,(H,32,35)(H,31,33,36). The molecule has 0 radical (unpaired) electrons. The van der Waals surface area contributed by atoms with E-state index >= 15 is 0 Å². The molecule has 1 heterocycles. The summed E-state index contributed by atoms with van der Waals surface area (Å²) in [6.45, 7) is 1.92. The van der Waals surface area contributed by atoms with E-state index in [4.69, 9.17) is 5.41 Å². The lowest BCUT2D eigenvalue weighted by Gasteiger charge is -2.17. The van der Waals surface area contributed by atoms with Gasteiger partial charge in [0.25, 0.3) is 11.8 Å². The highest BCUT2D eigenvalue weighted by atomic mass is 16.2. The molecule has 0 spiro atoms. The quantitative estimate of drug-likeness (QED) is 0.254. The molecule has 180 valence electrons. The smallest absolute Gasteiger partial charge is 0.258 e. The molecule has 0 fully saturated rings. The minimum absolute atomic E-state index is 0.329. The van der Waals surface area contributed by atoms with Crippen molar-refractivity contribution in [2.75, 3.05) is 24.7 Å². The number of para-hydroxylation sites is 1. The summed E-state index contributed by atoms with van der Waals surface area (Å²) in [6, 6.07) is 25.3. The van der Waals surface area contributed by atoms with Gasteiger partial charge in [-0.25, -0.2) is 4.98 Å². The fraction of sp³-hybridized carbons (Fsp3) is 0.103. The highest BCUT2D eigenvalue weighted by Crippen LogP contribution is 2.25. The van der Waals surface area contributed by atoms with Gasteiger partial charge in [0.05, 0.1) is 11.3 Å². The average Bonchev–Trinajstić information content (AvgIpc) is 2.90. The highest BCUT2D eigenvalue weighted by molar-refractivity contribution is 6.12. The summed E-state index contributed by atoms with van der Waals surface area (Å²) in [6.07, 6.45) is 1.68. The van der Waals surface area contributed by atoms with Crippen LogP contribution in [0, 0.1) is 12.3 Å². The molecule has 7 heteroatoms. The van der Waals surface area contributed by atoms with Crippen molar-refractivity contribution in [3.05, 3.63) is 113 Å². The number of nitrogens with one attached hydrogen (secondary N) is 3. The SMILES string of the molecule is Cc1ccc(NC(=O)c2ccccc2NC(=O)c2ccc(-c3ccccc3C(=N)N(C)C)cc2)nc1. The third kappa shape index (κ3) is 5.47. The van der Waals surface area contributed by atoms with Crippen LogP contribution in [0.5, 0.6) is 0 Å². The van der Waals surface area contributed by atoms with Crippen LogP contribution in [0.1, 0.15) is 31.8 Å². The summed E-state index contributed by atoms with van der Waals surface area (Å²) in [7, 11) is 3.67. The number of carbonyl (C=O) groups excluding carboxylic acids is 2. The number of aryl methyl sites for hydroxylation is 1. The van der Waals surface area contributed by atoms with Gasteiger partial charge in [0.1, 0.15) is 11.7 Å². The summed E-state index contributed by atoms with van der Waals surface area (Å²) >= 11 is 0. The molecule has 0 atom stereocenters. The van der Waals surface area contributed by atoms with Crippen molar-refractivity contribution in [3.8, 4) is 11.1 Å². The molecule has 1 aromatic heterocycles. The van der Waals surface area contributed by atoms with Gasteiger partial charge >= 0.3 is 0 Å². The van der Waals surface area contributed by atoms with Gasteiger partial charge in [0.15, 0.2) is 0 Å². The predicted molar refractivity (Wildman–Crippen MR) is 144 cm³/mol. The van der Waals surface area contributed by atoms with E-state index in [2.05, 4.69) is 15.6 Å². The fourth-order valence-electron chi connectivity index (χ4n) is 3.69. The third-order valence-corrected chi connectivity index (χ3v) is 5.66. The molecule has 4 rings (SSSR count). The molecule has 7 nitrogen and oxygen atoms in total. The first-order valence-corrected chi connectivity index (χ1v) is 11.4. The first-order chi connectivity index (χ1) is 17.3. The minimum Gasteiger partial charge on any atom is -0.363 e. The molecule has 0 saturated carbocycles. The molecule has 0 aliphatic rings. The van der Waals surface area contributed by atoms with Crippen molar-refractivity contribution in [1.29, 1.82) is 5.41 Å². The van der Waals surface area contributed by atoms with Crippen molar-refractivity contribution in [3.63, 3.8) is 0 Å².